The molecule has 0 bridgehead atoms. The minimum absolute atomic E-state index is 0.378. The normalized spacial score (nSPS) is 14.8. The van der Waals surface area contributed by atoms with Gasteiger partial charge in [0.1, 0.15) is 5.82 Å². The molecule has 0 spiro atoms. The van der Waals surface area contributed by atoms with Crippen LogP contribution in [0.25, 0.3) is 0 Å². The average molecular weight is 281 g/mol. The standard InChI is InChI=1S/C16H18F3N/c1-16(2,15(18)19)7-6-11-9-12(17)10-14-13(11)5-4-8-20(14)3/h9-10,15H,4-5,8H2,1-3H3. The van der Waals surface area contributed by atoms with Crippen molar-refractivity contribution in [1.82, 2.24) is 0 Å². The van der Waals surface area contributed by atoms with E-state index in [4.69, 9.17) is 0 Å². The number of nitrogens with zero attached hydrogens (tertiary/aromatic N) is 1. The largest absolute Gasteiger partial charge is 0.374 e. The lowest BCUT2D eigenvalue weighted by atomic mass is 9.92. The Morgan fingerprint density at radius 2 is 2.00 bits per heavy atom. The maximum atomic E-state index is 13.7. The highest BCUT2D eigenvalue weighted by Gasteiger charge is 2.27. The van der Waals surface area contributed by atoms with Gasteiger partial charge in [-0.15, -0.1) is 0 Å². The van der Waals surface area contributed by atoms with Gasteiger partial charge in [-0.05, 0) is 44.4 Å². The minimum Gasteiger partial charge on any atom is -0.374 e. The van der Waals surface area contributed by atoms with Gasteiger partial charge in [-0.2, -0.15) is 0 Å². The maximum Gasteiger partial charge on any atom is 0.254 e. The molecular formula is C16H18F3N. The molecule has 0 unspecified atom stereocenters. The van der Waals surface area contributed by atoms with E-state index in [1.165, 1.54) is 26.0 Å². The first-order valence-corrected chi connectivity index (χ1v) is 6.66. The predicted molar refractivity (Wildman–Crippen MR) is 74.7 cm³/mol. The van der Waals surface area contributed by atoms with Gasteiger partial charge in [0, 0.05) is 24.8 Å². The van der Waals surface area contributed by atoms with Crippen molar-refractivity contribution in [2.45, 2.75) is 33.1 Å². The molecule has 1 nitrogen and oxygen atoms in total. The van der Waals surface area contributed by atoms with Gasteiger partial charge in [-0.1, -0.05) is 11.8 Å². The molecule has 20 heavy (non-hydrogen) atoms. The van der Waals surface area contributed by atoms with E-state index in [1.54, 1.807) is 0 Å². The highest BCUT2D eigenvalue weighted by Crippen LogP contribution is 2.30. The first-order valence-electron chi connectivity index (χ1n) is 6.66. The fourth-order valence-electron chi connectivity index (χ4n) is 2.23. The molecule has 0 amide bonds. The number of alkyl halides is 2. The molecule has 1 aliphatic rings. The molecule has 0 aliphatic carbocycles. The summed E-state index contributed by atoms with van der Waals surface area (Å²) >= 11 is 0. The predicted octanol–water partition coefficient (Wildman–Crippen LogP) is 3.85. The summed E-state index contributed by atoms with van der Waals surface area (Å²) < 4.78 is 39.3. The van der Waals surface area contributed by atoms with E-state index in [9.17, 15) is 13.2 Å². The van der Waals surface area contributed by atoms with Gasteiger partial charge in [-0.25, -0.2) is 13.2 Å². The van der Waals surface area contributed by atoms with E-state index in [0.717, 1.165) is 30.6 Å². The topological polar surface area (TPSA) is 3.24 Å². The lowest BCUT2D eigenvalue weighted by molar-refractivity contribution is 0.0570. The van der Waals surface area contributed by atoms with Gasteiger partial charge in [0.05, 0.1) is 5.41 Å². The van der Waals surface area contributed by atoms with Crippen LogP contribution >= 0.6 is 0 Å². The molecular weight excluding hydrogens is 263 g/mol. The van der Waals surface area contributed by atoms with Crippen LogP contribution in [0.3, 0.4) is 0 Å². The van der Waals surface area contributed by atoms with E-state index in [1.807, 2.05) is 11.9 Å². The number of halogens is 3. The monoisotopic (exact) mass is 281 g/mol. The van der Waals surface area contributed by atoms with Crippen molar-refractivity contribution in [1.29, 1.82) is 0 Å². The highest BCUT2D eigenvalue weighted by molar-refractivity contribution is 5.62. The van der Waals surface area contributed by atoms with E-state index in [-0.39, 0.29) is 5.82 Å². The van der Waals surface area contributed by atoms with Gasteiger partial charge in [0.2, 0.25) is 0 Å². The molecule has 0 fully saturated rings. The first-order chi connectivity index (χ1) is 9.31. The Kier molecular flexibility index (Phi) is 3.99. The second-order valence-electron chi connectivity index (χ2n) is 5.75. The summed E-state index contributed by atoms with van der Waals surface area (Å²) in [6.45, 7) is 3.65. The fourth-order valence-corrected chi connectivity index (χ4v) is 2.23. The molecule has 1 aromatic rings. The lowest BCUT2D eigenvalue weighted by Crippen LogP contribution is -2.25. The van der Waals surface area contributed by atoms with Crippen LogP contribution in [-0.2, 0) is 6.42 Å². The number of hydrogen-bond acceptors (Lipinski definition) is 1. The Morgan fingerprint density at radius 3 is 2.65 bits per heavy atom. The smallest absolute Gasteiger partial charge is 0.254 e. The third-order valence-electron chi connectivity index (χ3n) is 3.59. The Hall–Kier alpha value is -1.63. The van der Waals surface area contributed by atoms with Crippen LogP contribution < -0.4 is 4.90 Å². The summed E-state index contributed by atoms with van der Waals surface area (Å²) in [6, 6.07) is 2.82. The van der Waals surface area contributed by atoms with Crippen molar-refractivity contribution < 1.29 is 13.2 Å². The van der Waals surface area contributed by atoms with Crippen LogP contribution in [0.2, 0.25) is 0 Å². The van der Waals surface area contributed by atoms with Crippen LogP contribution in [0.1, 0.15) is 31.4 Å². The van der Waals surface area contributed by atoms with Crippen LogP contribution in [-0.4, -0.2) is 20.0 Å². The summed E-state index contributed by atoms with van der Waals surface area (Å²) in [5, 5.41) is 0. The van der Waals surface area contributed by atoms with Crippen LogP contribution in [0.4, 0.5) is 18.9 Å². The summed E-state index contributed by atoms with van der Waals surface area (Å²) in [7, 11) is 1.90. The Balaban J connectivity index is 2.46. The van der Waals surface area contributed by atoms with Crippen molar-refractivity contribution >= 4 is 5.69 Å². The molecule has 1 heterocycles. The number of hydrogen-bond donors (Lipinski definition) is 0. The SMILES string of the molecule is CN1CCCc2c(C#CC(C)(C)C(F)F)cc(F)cc21. The van der Waals surface area contributed by atoms with Crippen LogP contribution in [0, 0.1) is 23.1 Å². The van der Waals surface area contributed by atoms with Crippen LogP contribution in [0.5, 0.6) is 0 Å². The Bertz CT molecular complexity index is 567. The van der Waals surface area contributed by atoms with Crippen molar-refractivity contribution in [3.05, 3.63) is 29.1 Å². The summed E-state index contributed by atoms with van der Waals surface area (Å²) in [6.07, 6.45) is -0.761. The Labute approximate surface area is 117 Å². The van der Waals surface area contributed by atoms with E-state index >= 15 is 0 Å². The molecule has 0 aromatic heterocycles. The van der Waals surface area contributed by atoms with Gasteiger partial charge in [-0.3, -0.25) is 0 Å². The third-order valence-corrected chi connectivity index (χ3v) is 3.59. The zero-order valence-corrected chi connectivity index (χ0v) is 11.9. The summed E-state index contributed by atoms with van der Waals surface area (Å²) in [5.74, 6) is 4.96. The summed E-state index contributed by atoms with van der Waals surface area (Å²) in [4.78, 5) is 1.98. The van der Waals surface area contributed by atoms with E-state index in [0.29, 0.717) is 5.56 Å². The quantitative estimate of drug-likeness (QED) is 0.707. The molecule has 4 heteroatoms. The zero-order valence-electron chi connectivity index (χ0n) is 11.9. The van der Waals surface area contributed by atoms with Gasteiger partial charge in [0.15, 0.2) is 0 Å². The van der Waals surface area contributed by atoms with E-state index < -0.39 is 11.8 Å². The third kappa shape index (κ3) is 2.92. The maximum absolute atomic E-state index is 13.7. The van der Waals surface area contributed by atoms with Gasteiger partial charge in [0.25, 0.3) is 6.43 Å². The van der Waals surface area contributed by atoms with Gasteiger partial charge >= 0.3 is 0 Å². The summed E-state index contributed by atoms with van der Waals surface area (Å²) in [5.41, 5.74) is 0.910. The molecule has 0 radical (unpaired) electrons. The second kappa shape index (κ2) is 5.40. The van der Waals surface area contributed by atoms with Crippen molar-refractivity contribution in [3.8, 4) is 11.8 Å². The number of rotatable bonds is 1. The molecule has 0 N–H and O–H groups in total. The van der Waals surface area contributed by atoms with Crippen LogP contribution in [0.15, 0.2) is 12.1 Å². The molecule has 0 atom stereocenters. The number of benzene rings is 1. The molecule has 0 saturated carbocycles. The van der Waals surface area contributed by atoms with Crippen molar-refractivity contribution in [3.63, 3.8) is 0 Å². The fraction of sp³-hybridized carbons (Fsp3) is 0.500. The Morgan fingerprint density at radius 1 is 1.30 bits per heavy atom. The van der Waals surface area contributed by atoms with Crippen molar-refractivity contribution in [2.24, 2.45) is 5.41 Å². The molecule has 108 valence electrons. The first kappa shape index (κ1) is 14.8. The number of fused-ring (bicyclic) bond motifs is 1. The molecule has 1 aromatic carbocycles. The second-order valence-corrected chi connectivity index (χ2v) is 5.75. The average Bonchev–Trinajstić information content (AvgIpc) is 2.37. The zero-order chi connectivity index (χ0) is 14.9. The molecule has 2 rings (SSSR count). The van der Waals surface area contributed by atoms with Gasteiger partial charge < -0.3 is 4.90 Å². The lowest BCUT2D eigenvalue weighted by Gasteiger charge is -2.28. The van der Waals surface area contributed by atoms with Crippen molar-refractivity contribution in [2.75, 3.05) is 18.5 Å². The highest BCUT2D eigenvalue weighted by atomic mass is 19.3. The number of anilines is 1. The molecule has 0 saturated heterocycles. The van der Waals surface area contributed by atoms with E-state index in [2.05, 4.69) is 11.8 Å². The minimum atomic E-state index is -2.53. The molecule has 1 aliphatic heterocycles.